The minimum atomic E-state index is 0. The van der Waals surface area contributed by atoms with Crippen LogP contribution in [-0.4, -0.2) is 0 Å². The first kappa shape index (κ1) is 29.3. The van der Waals surface area contributed by atoms with E-state index in [1.54, 1.807) is 0 Å². The van der Waals surface area contributed by atoms with Crippen molar-refractivity contribution in [3.63, 3.8) is 0 Å². The highest BCUT2D eigenvalue weighted by molar-refractivity contribution is 5.65. The van der Waals surface area contributed by atoms with Gasteiger partial charge in [0, 0.05) is 0 Å². The van der Waals surface area contributed by atoms with E-state index in [2.05, 4.69) is 163 Å². The topological polar surface area (TPSA) is 0 Å². The SMILES string of the molecule is C.Cc1ccc(-c2cccc(C)c2)cc1.Cc1cccc(-c2cccc(C)c2)c1.Cc1cccc(C)c1. The van der Waals surface area contributed by atoms with E-state index in [1.807, 2.05) is 0 Å². The molecule has 0 aromatic heterocycles. The molecule has 190 valence electrons. The summed E-state index contributed by atoms with van der Waals surface area (Å²) in [5.41, 5.74) is 13.1. The summed E-state index contributed by atoms with van der Waals surface area (Å²) < 4.78 is 0. The lowest BCUT2D eigenvalue weighted by Crippen LogP contribution is -1.80. The van der Waals surface area contributed by atoms with Gasteiger partial charge in [-0.25, -0.2) is 0 Å². The highest BCUT2D eigenvalue weighted by Crippen LogP contribution is 2.21. The van der Waals surface area contributed by atoms with Crippen molar-refractivity contribution in [1.29, 1.82) is 0 Å². The van der Waals surface area contributed by atoms with Crippen LogP contribution in [0.5, 0.6) is 0 Å². The Bertz CT molecular complexity index is 1310. The molecule has 5 aromatic carbocycles. The molecule has 37 heavy (non-hydrogen) atoms. The second-order valence-electron chi connectivity index (χ2n) is 9.63. The van der Waals surface area contributed by atoms with E-state index in [0.29, 0.717) is 0 Å². The van der Waals surface area contributed by atoms with Crippen molar-refractivity contribution in [2.45, 2.75) is 49.0 Å². The number of aryl methyl sites for hydroxylation is 6. The minimum absolute atomic E-state index is 0. The second kappa shape index (κ2) is 14.6. The standard InChI is InChI=1S/2C14H14.C8H10.CH4/c1-11-5-3-7-13(9-11)14-8-4-6-12(2)10-14;1-11-6-8-13(9-7-11)14-5-3-4-12(2)10-14;1-7-4-3-5-8(2)6-7;/h2*3-10H,1-2H3;3-6H,1-2H3;1H4. The molecule has 0 amide bonds. The quantitative estimate of drug-likeness (QED) is 0.233. The summed E-state index contributed by atoms with van der Waals surface area (Å²) in [4.78, 5) is 0. The Morgan fingerprint density at radius 1 is 0.270 bits per heavy atom. The van der Waals surface area contributed by atoms with Crippen LogP contribution in [0.25, 0.3) is 22.3 Å². The van der Waals surface area contributed by atoms with Crippen molar-refractivity contribution in [3.8, 4) is 22.3 Å². The van der Waals surface area contributed by atoms with E-state index in [4.69, 9.17) is 0 Å². The van der Waals surface area contributed by atoms with Gasteiger partial charge in [0.2, 0.25) is 0 Å². The van der Waals surface area contributed by atoms with E-state index < -0.39 is 0 Å². The molecule has 0 aliphatic rings. The van der Waals surface area contributed by atoms with E-state index in [-0.39, 0.29) is 7.43 Å². The van der Waals surface area contributed by atoms with Gasteiger partial charge in [-0.1, -0.05) is 162 Å². The first-order valence-electron chi connectivity index (χ1n) is 12.6. The van der Waals surface area contributed by atoms with Crippen LogP contribution in [-0.2, 0) is 0 Å². The molecule has 0 saturated carbocycles. The lowest BCUT2D eigenvalue weighted by atomic mass is 10.0. The van der Waals surface area contributed by atoms with Crippen LogP contribution in [0.3, 0.4) is 0 Å². The molecule has 0 atom stereocenters. The van der Waals surface area contributed by atoms with Crippen LogP contribution >= 0.6 is 0 Å². The van der Waals surface area contributed by atoms with Crippen LogP contribution in [0.15, 0.2) is 121 Å². The maximum Gasteiger partial charge on any atom is -0.0181 e. The second-order valence-corrected chi connectivity index (χ2v) is 9.63. The molecule has 0 bridgehead atoms. The molecule has 0 aliphatic heterocycles. The molecule has 0 aliphatic carbocycles. The molecule has 0 heterocycles. The third-order valence-electron chi connectivity index (χ3n) is 5.95. The normalized spacial score (nSPS) is 9.68. The summed E-state index contributed by atoms with van der Waals surface area (Å²) in [5.74, 6) is 0. The van der Waals surface area contributed by atoms with Gasteiger partial charge in [0.25, 0.3) is 0 Å². The number of hydrogen-bond acceptors (Lipinski definition) is 0. The summed E-state index contributed by atoms with van der Waals surface area (Å²) in [5, 5.41) is 0. The Labute approximate surface area is 225 Å². The molecule has 0 unspecified atom stereocenters. The molecule has 0 radical (unpaired) electrons. The fraction of sp³-hybridized carbons (Fsp3) is 0.189. The molecule has 0 heteroatoms. The molecule has 0 spiro atoms. The first-order valence-corrected chi connectivity index (χ1v) is 12.6. The molecule has 0 saturated heterocycles. The average Bonchev–Trinajstić information content (AvgIpc) is 2.85. The van der Waals surface area contributed by atoms with Crippen molar-refractivity contribution >= 4 is 0 Å². The number of hydrogen-bond donors (Lipinski definition) is 0. The molecule has 0 N–H and O–H groups in total. The van der Waals surface area contributed by atoms with Gasteiger partial charge in [0.1, 0.15) is 0 Å². The van der Waals surface area contributed by atoms with E-state index in [0.717, 1.165) is 0 Å². The van der Waals surface area contributed by atoms with E-state index >= 15 is 0 Å². The summed E-state index contributed by atoms with van der Waals surface area (Å²) in [6, 6.07) is 42.9. The zero-order valence-electron chi connectivity index (χ0n) is 22.5. The third-order valence-corrected chi connectivity index (χ3v) is 5.95. The van der Waals surface area contributed by atoms with Gasteiger partial charge in [-0.05, 0) is 63.8 Å². The number of rotatable bonds is 2. The largest absolute Gasteiger partial charge is 0.0776 e. The van der Waals surface area contributed by atoms with Crippen molar-refractivity contribution in [1.82, 2.24) is 0 Å². The maximum atomic E-state index is 2.22. The summed E-state index contributed by atoms with van der Waals surface area (Å²) in [6.45, 7) is 12.7. The predicted molar refractivity (Wildman–Crippen MR) is 165 cm³/mol. The van der Waals surface area contributed by atoms with Crippen LogP contribution < -0.4 is 0 Å². The zero-order valence-corrected chi connectivity index (χ0v) is 22.5. The highest BCUT2D eigenvalue weighted by Gasteiger charge is 1.97. The summed E-state index contributed by atoms with van der Waals surface area (Å²) in [6.07, 6.45) is 0. The van der Waals surface area contributed by atoms with Crippen molar-refractivity contribution < 1.29 is 0 Å². The fourth-order valence-corrected chi connectivity index (χ4v) is 4.03. The lowest BCUT2D eigenvalue weighted by molar-refractivity contribution is 1.39. The van der Waals surface area contributed by atoms with Gasteiger partial charge in [-0.3, -0.25) is 0 Å². The Balaban J connectivity index is 0.000000200. The Morgan fingerprint density at radius 2 is 0.568 bits per heavy atom. The van der Waals surface area contributed by atoms with Crippen LogP contribution in [0.4, 0.5) is 0 Å². The molecular formula is C37H42. The minimum Gasteiger partial charge on any atom is -0.0776 e. The average molecular weight is 487 g/mol. The fourth-order valence-electron chi connectivity index (χ4n) is 4.03. The van der Waals surface area contributed by atoms with Crippen molar-refractivity contribution in [2.75, 3.05) is 0 Å². The van der Waals surface area contributed by atoms with Gasteiger partial charge in [0.05, 0.1) is 0 Å². The Hall–Kier alpha value is -3.90. The van der Waals surface area contributed by atoms with Crippen LogP contribution in [0.2, 0.25) is 0 Å². The molecule has 0 nitrogen and oxygen atoms in total. The first-order chi connectivity index (χ1) is 17.3. The van der Waals surface area contributed by atoms with Gasteiger partial charge < -0.3 is 0 Å². The highest BCUT2D eigenvalue weighted by atomic mass is 14.0. The molecular weight excluding hydrogens is 444 g/mol. The van der Waals surface area contributed by atoms with Crippen molar-refractivity contribution in [3.05, 3.63) is 155 Å². The smallest absolute Gasteiger partial charge is 0.0181 e. The predicted octanol–water partition coefficient (Wildman–Crippen LogP) is 10.9. The molecule has 0 fully saturated rings. The monoisotopic (exact) mass is 486 g/mol. The van der Waals surface area contributed by atoms with Gasteiger partial charge >= 0.3 is 0 Å². The number of benzene rings is 5. The van der Waals surface area contributed by atoms with Gasteiger partial charge in [-0.15, -0.1) is 0 Å². The summed E-state index contributed by atoms with van der Waals surface area (Å²) in [7, 11) is 0. The Kier molecular flexibility index (Phi) is 11.6. The maximum absolute atomic E-state index is 2.22. The molecule has 5 aromatic rings. The van der Waals surface area contributed by atoms with Crippen LogP contribution in [0, 0.1) is 41.5 Å². The van der Waals surface area contributed by atoms with Gasteiger partial charge in [-0.2, -0.15) is 0 Å². The van der Waals surface area contributed by atoms with Crippen LogP contribution in [0.1, 0.15) is 40.8 Å². The summed E-state index contributed by atoms with van der Waals surface area (Å²) >= 11 is 0. The lowest BCUT2D eigenvalue weighted by Gasteiger charge is -2.03. The zero-order chi connectivity index (χ0) is 25.9. The molecule has 5 rings (SSSR count). The van der Waals surface area contributed by atoms with E-state index in [1.165, 1.54) is 55.6 Å². The van der Waals surface area contributed by atoms with Crippen molar-refractivity contribution in [2.24, 2.45) is 0 Å². The third kappa shape index (κ3) is 9.94. The Morgan fingerprint density at radius 3 is 0.865 bits per heavy atom. The van der Waals surface area contributed by atoms with Gasteiger partial charge in [0.15, 0.2) is 0 Å². The van der Waals surface area contributed by atoms with E-state index in [9.17, 15) is 0 Å².